The minimum absolute atomic E-state index is 0.00288. The maximum atomic E-state index is 12.0. The molecule has 1 aromatic rings. The van der Waals surface area contributed by atoms with Gasteiger partial charge in [-0.1, -0.05) is 0 Å². The Morgan fingerprint density at radius 3 is 3.00 bits per heavy atom. The molecule has 94 valence electrons. The van der Waals surface area contributed by atoms with Crippen LogP contribution < -0.4 is 5.32 Å². The van der Waals surface area contributed by atoms with Crippen LogP contribution in [0.25, 0.3) is 0 Å². The number of hydrogen-bond acceptors (Lipinski definition) is 3. The van der Waals surface area contributed by atoms with Gasteiger partial charge in [-0.2, -0.15) is 5.10 Å². The lowest BCUT2D eigenvalue weighted by Crippen LogP contribution is -2.50. The maximum absolute atomic E-state index is 12.0. The standard InChI is InChI=1S/C12H20N4O/c1-10-8-14-16(9-10)7-6-15-5-3-4-11(13-2)12(15)17/h8-9,11,13H,3-7H2,1-2H3. The topological polar surface area (TPSA) is 50.2 Å². The predicted molar refractivity (Wildman–Crippen MR) is 65.6 cm³/mol. The Morgan fingerprint density at radius 2 is 2.35 bits per heavy atom. The maximum Gasteiger partial charge on any atom is 0.239 e. The third-order valence-electron chi connectivity index (χ3n) is 3.24. The monoisotopic (exact) mass is 236 g/mol. The molecule has 1 aromatic heterocycles. The Hall–Kier alpha value is -1.36. The van der Waals surface area contributed by atoms with Crippen LogP contribution in [0.15, 0.2) is 12.4 Å². The molecule has 1 fully saturated rings. The van der Waals surface area contributed by atoms with E-state index in [2.05, 4.69) is 10.4 Å². The van der Waals surface area contributed by atoms with Crippen LogP contribution in [-0.2, 0) is 11.3 Å². The van der Waals surface area contributed by atoms with Crippen molar-refractivity contribution in [2.24, 2.45) is 0 Å². The summed E-state index contributed by atoms with van der Waals surface area (Å²) in [5, 5.41) is 7.30. The summed E-state index contributed by atoms with van der Waals surface area (Å²) in [6, 6.07) is 0.00288. The normalized spacial score (nSPS) is 20.9. The Kier molecular flexibility index (Phi) is 3.78. The minimum Gasteiger partial charge on any atom is -0.339 e. The SMILES string of the molecule is CNC1CCCN(CCn2cc(C)cn2)C1=O. The largest absolute Gasteiger partial charge is 0.339 e. The van der Waals surface area contributed by atoms with Gasteiger partial charge >= 0.3 is 0 Å². The smallest absolute Gasteiger partial charge is 0.239 e. The van der Waals surface area contributed by atoms with Gasteiger partial charge in [-0.25, -0.2) is 0 Å². The summed E-state index contributed by atoms with van der Waals surface area (Å²) in [6.45, 7) is 4.41. The van der Waals surface area contributed by atoms with E-state index < -0.39 is 0 Å². The number of carbonyl (C=O) groups excluding carboxylic acids is 1. The molecule has 1 atom stereocenters. The lowest BCUT2D eigenvalue weighted by molar-refractivity contribution is -0.135. The summed E-state index contributed by atoms with van der Waals surface area (Å²) >= 11 is 0. The Morgan fingerprint density at radius 1 is 1.53 bits per heavy atom. The van der Waals surface area contributed by atoms with Crippen molar-refractivity contribution in [2.45, 2.75) is 32.4 Å². The van der Waals surface area contributed by atoms with Crippen molar-refractivity contribution >= 4 is 5.91 Å². The summed E-state index contributed by atoms with van der Waals surface area (Å²) in [6.07, 6.45) is 5.88. The van der Waals surface area contributed by atoms with E-state index in [-0.39, 0.29) is 11.9 Å². The van der Waals surface area contributed by atoms with Gasteiger partial charge in [0.15, 0.2) is 0 Å². The second kappa shape index (κ2) is 5.31. The molecule has 1 N–H and O–H groups in total. The first-order chi connectivity index (χ1) is 8.20. The molecule has 5 nitrogen and oxygen atoms in total. The first kappa shape index (κ1) is 12.1. The second-order valence-electron chi connectivity index (χ2n) is 4.59. The average Bonchev–Trinajstić information content (AvgIpc) is 2.74. The highest BCUT2D eigenvalue weighted by Crippen LogP contribution is 2.11. The van der Waals surface area contributed by atoms with Gasteiger partial charge in [0.1, 0.15) is 0 Å². The number of rotatable bonds is 4. The molecule has 0 spiro atoms. The lowest BCUT2D eigenvalue weighted by atomic mass is 10.1. The molecule has 0 aromatic carbocycles. The summed E-state index contributed by atoms with van der Waals surface area (Å²) in [4.78, 5) is 13.9. The molecule has 0 bridgehead atoms. The highest BCUT2D eigenvalue weighted by Gasteiger charge is 2.26. The summed E-state index contributed by atoms with van der Waals surface area (Å²) in [5.74, 6) is 0.225. The highest BCUT2D eigenvalue weighted by molar-refractivity contribution is 5.82. The fourth-order valence-electron chi connectivity index (χ4n) is 2.24. The number of nitrogens with one attached hydrogen (secondary N) is 1. The van der Waals surface area contributed by atoms with Crippen LogP contribution >= 0.6 is 0 Å². The van der Waals surface area contributed by atoms with E-state index in [1.807, 2.05) is 35.9 Å². The van der Waals surface area contributed by atoms with Gasteiger partial charge in [0, 0.05) is 19.3 Å². The molecular formula is C12H20N4O. The number of aryl methyl sites for hydroxylation is 1. The zero-order chi connectivity index (χ0) is 12.3. The van der Waals surface area contributed by atoms with Crippen molar-refractivity contribution in [2.75, 3.05) is 20.1 Å². The van der Waals surface area contributed by atoms with Crippen LogP contribution in [0.5, 0.6) is 0 Å². The quantitative estimate of drug-likeness (QED) is 0.823. The molecular weight excluding hydrogens is 216 g/mol. The van der Waals surface area contributed by atoms with Crippen LogP contribution in [0, 0.1) is 6.92 Å². The highest BCUT2D eigenvalue weighted by atomic mass is 16.2. The number of likely N-dealkylation sites (tertiary alicyclic amines) is 1. The van der Waals surface area contributed by atoms with E-state index in [9.17, 15) is 4.79 Å². The fourth-order valence-corrected chi connectivity index (χ4v) is 2.24. The van der Waals surface area contributed by atoms with Gasteiger partial charge in [-0.3, -0.25) is 9.48 Å². The Balaban J connectivity index is 1.88. The molecule has 0 saturated carbocycles. The van der Waals surface area contributed by atoms with E-state index in [0.717, 1.165) is 38.0 Å². The number of nitrogens with zero attached hydrogens (tertiary/aromatic N) is 3. The second-order valence-corrected chi connectivity index (χ2v) is 4.59. The third-order valence-corrected chi connectivity index (χ3v) is 3.24. The zero-order valence-electron chi connectivity index (χ0n) is 10.5. The van der Waals surface area contributed by atoms with Crippen molar-refractivity contribution in [3.63, 3.8) is 0 Å². The summed E-state index contributed by atoms with van der Waals surface area (Å²) < 4.78 is 1.89. The summed E-state index contributed by atoms with van der Waals surface area (Å²) in [5.41, 5.74) is 1.16. The van der Waals surface area contributed by atoms with Gasteiger partial charge in [-0.05, 0) is 32.4 Å². The van der Waals surface area contributed by atoms with Gasteiger partial charge in [0.2, 0.25) is 5.91 Å². The number of piperidine rings is 1. The van der Waals surface area contributed by atoms with Crippen molar-refractivity contribution in [3.8, 4) is 0 Å². The molecule has 1 unspecified atom stereocenters. The van der Waals surface area contributed by atoms with Crippen LogP contribution in [0.2, 0.25) is 0 Å². The number of hydrogen-bond donors (Lipinski definition) is 1. The Labute approximate surface area is 102 Å². The van der Waals surface area contributed by atoms with Crippen LogP contribution in [0.1, 0.15) is 18.4 Å². The van der Waals surface area contributed by atoms with Gasteiger partial charge in [0.05, 0.1) is 18.8 Å². The van der Waals surface area contributed by atoms with Gasteiger partial charge in [-0.15, -0.1) is 0 Å². The summed E-state index contributed by atoms with van der Waals surface area (Å²) in [7, 11) is 1.85. The number of amides is 1. The van der Waals surface area contributed by atoms with E-state index >= 15 is 0 Å². The molecule has 1 aliphatic heterocycles. The van der Waals surface area contributed by atoms with E-state index in [4.69, 9.17) is 0 Å². The number of likely N-dealkylation sites (N-methyl/N-ethyl adjacent to an activating group) is 1. The molecule has 17 heavy (non-hydrogen) atoms. The van der Waals surface area contributed by atoms with E-state index in [1.54, 1.807) is 0 Å². The molecule has 2 heterocycles. The molecule has 5 heteroatoms. The number of aromatic nitrogens is 2. The van der Waals surface area contributed by atoms with Crippen molar-refractivity contribution in [1.29, 1.82) is 0 Å². The molecule has 1 aliphatic rings. The van der Waals surface area contributed by atoms with Crippen molar-refractivity contribution in [3.05, 3.63) is 18.0 Å². The van der Waals surface area contributed by atoms with Crippen LogP contribution in [0.4, 0.5) is 0 Å². The van der Waals surface area contributed by atoms with Crippen molar-refractivity contribution < 1.29 is 4.79 Å². The first-order valence-electron chi connectivity index (χ1n) is 6.16. The van der Waals surface area contributed by atoms with Crippen LogP contribution in [0.3, 0.4) is 0 Å². The zero-order valence-corrected chi connectivity index (χ0v) is 10.5. The predicted octanol–water partition coefficient (Wildman–Crippen LogP) is 0.402. The third kappa shape index (κ3) is 2.85. The average molecular weight is 236 g/mol. The van der Waals surface area contributed by atoms with E-state index in [1.165, 1.54) is 0 Å². The van der Waals surface area contributed by atoms with Gasteiger partial charge in [0.25, 0.3) is 0 Å². The molecule has 2 rings (SSSR count). The molecule has 0 aliphatic carbocycles. The number of carbonyl (C=O) groups is 1. The van der Waals surface area contributed by atoms with Gasteiger partial charge < -0.3 is 10.2 Å². The van der Waals surface area contributed by atoms with Crippen molar-refractivity contribution in [1.82, 2.24) is 20.0 Å². The fraction of sp³-hybridized carbons (Fsp3) is 0.667. The Bertz CT molecular complexity index is 388. The van der Waals surface area contributed by atoms with Crippen LogP contribution in [-0.4, -0.2) is 46.8 Å². The molecule has 0 radical (unpaired) electrons. The minimum atomic E-state index is 0.00288. The van der Waals surface area contributed by atoms with E-state index in [0.29, 0.717) is 0 Å². The lowest BCUT2D eigenvalue weighted by Gasteiger charge is -2.32. The molecule has 1 saturated heterocycles. The molecule has 1 amide bonds. The first-order valence-corrected chi connectivity index (χ1v) is 6.16.